The fourth-order valence-electron chi connectivity index (χ4n) is 1.28. The van der Waals surface area contributed by atoms with E-state index in [1.165, 1.54) is 0 Å². The quantitative estimate of drug-likeness (QED) is 0.541. The lowest BCUT2D eigenvalue weighted by molar-refractivity contribution is -0.125. The van der Waals surface area contributed by atoms with Crippen LogP contribution in [0.3, 0.4) is 0 Å². The molecule has 5 heteroatoms. The molecule has 0 bridgehead atoms. The summed E-state index contributed by atoms with van der Waals surface area (Å²) >= 11 is 5.96. The van der Waals surface area contributed by atoms with Crippen LogP contribution in [0.1, 0.15) is 32.6 Å². The van der Waals surface area contributed by atoms with Crippen LogP contribution in [0.5, 0.6) is 0 Å². The van der Waals surface area contributed by atoms with Gasteiger partial charge in [0, 0.05) is 0 Å². The molecule has 0 aromatic carbocycles. The number of hydrogen-bond donors (Lipinski definition) is 2. The Hall–Kier alpha value is -0.610. The molecule has 1 unspecified atom stereocenters. The van der Waals surface area contributed by atoms with Gasteiger partial charge in [-0.2, -0.15) is 0 Å². The van der Waals surface area contributed by atoms with Crippen LogP contribution in [0.4, 0.5) is 0 Å². The maximum atomic E-state index is 11.1. The minimum atomic E-state index is -0.951. The van der Waals surface area contributed by atoms with E-state index in [0.29, 0.717) is 6.42 Å². The predicted octanol–water partition coefficient (Wildman–Crippen LogP) is 1.36. The molecule has 1 atom stereocenters. The summed E-state index contributed by atoms with van der Waals surface area (Å²) < 4.78 is 0. The van der Waals surface area contributed by atoms with Crippen LogP contribution >= 0.6 is 11.6 Å². The lowest BCUT2D eigenvalue weighted by Gasteiger charge is -2.15. The zero-order chi connectivity index (χ0) is 9.19. The Morgan fingerprint density at radius 1 is 1.54 bits per heavy atom. The van der Waals surface area contributed by atoms with Crippen molar-refractivity contribution in [3.8, 4) is 0 Å². The summed E-state index contributed by atoms with van der Waals surface area (Å²) in [5, 5.41) is 2.21. The number of unbranched alkanes of at least 4 members (excludes halogenated alkanes) is 1. The maximum Gasteiger partial charge on any atom is 0.248 e. The first-order chi connectivity index (χ1) is 5.58. The van der Waals surface area contributed by atoms with E-state index in [0.717, 1.165) is 12.8 Å². The monoisotopic (exact) mass is 206 g/mol. The summed E-state index contributed by atoms with van der Waals surface area (Å²) in [5.74, 6) is -0.589. The second kappa shape index (κ2) is 4.58. The molecule has 1 saturated heterocycles. The Bertz CT molecular complexity index is 220. The van der Waals surface area contributed by atoms with Gasteiger partial charge in [0.2, 0.25) is 11.8 Å². The SMILES string of the molecule is CCCCC1(Cl)CC(=O)NC1=O.N. The van der Waals surface area contributed by atoms with Gasteiger partial charge in [0.25, 0.3) is 0 Å². The molecule has 0 spiro atoms. The average molecular weight is 207 g/mol. The summed E-state index contributed by atoms with van der Waals surface area (Å²) in [6, 6.07) is 0. The highest BCUT2D eigenvalue weighted by Crippen LogP contribution is 2.30. The fourth-order valence-corrected chi connectivity index (χ4v) is 1.58. The molecule has 0 aliphatic carbocycles. The van der Waals surface area contributed by atoms with E-state index < -0.39 is 4.87 Å². The van der Waals surface area contributed by atoms with Gasteiger partial charge >= 0.3 is 0 Å². The normalized spacial score (nSPS) is 26.9. The molecule has 1 fully saturated rings. The van der Waals surface area contributed by atoms with Gasteiger partial charge in [-0.3, -0.25) is 14.9 Å². The van der Waals surface area contributed by atoms with Crippen LogP contribution in [0, 0.1) is 0 Å². The Balaban J connectivity index is 0.00000144. The fraction of sp³-hybridized carbons (Fsp3) is 0.750. The molecule has 0 aromatic heterocycles. The maximum absolute atomic E-state index is 11.1. The van der Waals surface area contributed by atoms with Crippen molar-refractivity contribution in [3.05, 3.63) is 0 Å². The molecular formula is C8H15ClN2O2. The van der Waals surface area contributed by atoms with Gasteiger partial charge in [-0.05, 0) is 6.42 Å². The zero-order valence-corrected chi connectivity index (χ0v) is 8.49. The van der Waals surface area contributed by atoms with Crippen molar-refractivity contribution in [3.63, 3.8) is 0 Å². The van der Waals surface area contributed by atoms with E-state index in [2.05, 4.69) is 5.32 Å². The second-order valence-electron chi connectivity index (χ2n) is 3.12. The topological polar surface area (TPSA) is 81.2 Å². The highest BCUT2D eigenvalue weighted by molar-refractivity contribution is 6.39. The summed E-state index contributed by atoms with van der Waals surface area (Å²) in [6.45, 7) is 2.02. The van der Waals surface area contributed by atoms with Gasteiger partial charge in [0.05, 0.1) is 6.42 Å². The van der Waals surface area contributed by atoms with Gasteiger partial charge < -0.3 is 6.15 Å². The Labute approximate surface area is 82.6 Å². The van der Waals surface area contributed by atoms with E-state index in [4.69, 9.17) is 11.6 Å². The van der Waals surface area contributed by atoms with Crippen LogP contribution in [0.25, 0.3) is 0 Å². The molecule has 0 radical (unpaired) electrons. The number of nitrogens with one attached hydrogen (secondary N) is 1. The van der Waals surface area contributed by atoms with E-state index in [1.54, 1.807) is 0 Å². The third-order valence-corrected chi connectivity index (χ3v) is 2.52. The number of hydrogen-bond acceptors (Lipinski definition) is 3. The van der Waals surface area contributed by atoms with Gasteiger partial charge in [-0.15, -0.1) is 11.6 Å². The van der Waals surface area contributed by atoms with E-state index in [-0.39, 0.29) is 24.4 Å². The van der Waals surface area contributed by atoms with E-state index in [9.17, 15) is 9.59 Å². The molecule has 4 nitrogen and oxygen atoms in total. The minimum Gasteiger partial charge on any atom is -0.344 e. The lowest BCUT2D eigenvalue weighted by atomic mass is 10.00. The van der Waals surface area contributed by atoms with Crippen LogP contribution in [-0.2, 0) is 9.59 Å². The standard InChI is InChI=1S/C8H12ClNO2.H3N/c1-2-3-4-8(9)5-6(11)10-7(8)12;/h2-5H2,1H3,(H,10,11,12);1H3. The highest BCUT2D eigenvalue weighted by Gasteiger charge is 2.44. The predicted molar refractivity (Wildman–Crippen MR) is 50.9 cm³/mol. The van der Waals surface area contributed by atoms with Crippen molar-refractivity contribution >= 4 is 23.4 Å². The molecule has 1 aliphatic heterocycles. The summed E-state index contributed by atoms with van der Waals surface area (Å²) in [4.78, 5) is 21.0. The molecule has 1 heterocycles. The van der Waals surface area contributed by atoms with E-state index in [1.807, 2.05) is 6.92 Å². The lowest BCUT2D eigenvalue weighted by Crippen LogP contribution is -2.32. The van der Waals surface area contributed by atoms with Gasteiger partial charge in [0.1, 0.15) is 4.87 Å². The largest absolute Gasteiger partial charge is 0.344 e. The zero-order valence-electron chi connectivity index (χ0n) is 7.73. The minimum absolute atomic E-state index is 0. The number of amides is 2. The smallest absolute Gasteiger partial charge is 0.248 e. The van der Waals surface area contributed by atoms with E-state index >= 15 is 0 Å². The molecule has 0 saturated carbocycles. The summed E-state index contributed by atoms with van der Waals surface area (Å²) in [5.41, 5.74) is 0. The van der Waals surface area contributed by atoms with Crippen LogP contribution in [-0.4, -0.2) is 16.7 Å². The van der Waals surface area contributed by atoms with Crippen molar-refractivity contribution in [2.75, 3.05) is 0 Å². The number of carbonyl (C=O) groups is 2. The van der Waals surface area contributed by atoms with Gasteiger partial charge in [-0.25, -0.2) is 0 Å². The summed E-state index contributed by atoms with van der Waals surface area (Å²) in [7, 11) is 0. The first-order valence-corrected chi connectivity index (χ1v) is 4.49. The van der Waals surface area contributed by atoms with Crippen molar-refractivity contribution in [1.82, 2.24) is 11.5 Å². The van der Waals surface area contributed by atoms with Crippen molar-refractivity contribution in [2.45, 2.75) is 37.5 Å². The third-order valence-electron chi connectivity index (χ3n) is 2.03. The van der Waals surface area contributed by atoms with Crippen molar-refractivity contribution in [1.29, 1.82) is 0 Å². The van der Waals surface area contributed by atoms with Crippen LogP contribution in [0.2, 0.25) is 0 Å². The Morgan fingerprint density at radius 3 is 2.54 bits per heavy atom. The van der Waals surface area contributed by atoms with Crippen LogP contribution < -0.4 is 11.5 Å². The number of imide groups is 1. The number of rotatable bonds is 3. The molecule has 2 amide bonds. The van der Waals surface area contributed by atoms with Crippen molar-refractivity contribution in [2.24, 2.45) is 0 Å². The first-order valence-electron chi connectivity index (χ1n) is 4.11. The summed E-state index contributed by atoms with van der Waals surface area (Å²) in [6.07, 6.45) is 2.58. The average Bonchev–Trinajstić information content (AvgIpc) is 2.23. The molecule has 76 valence electrons. The van der Waals surface area contributed by atoms with Gasteiger partial charge in [-0.1, -0.05) is 19.8 Å². The molecule has 1 rings (SSSR count). The molecule has 0 aromatic rings. The second-order valence-corrected chi connectivity index (χ2v) is 3.85. The Kier molecular flexibility index (Phi) is 4.36. The highest BCUT2D eigenvalue weighted by atomic mass is 35.5. The van der Waals surface area contributed by atoms with Gasteiger partial charge in [0.15, 0.2) is 0 Å². The third kappa shape index (κ3) is 2.67. The number of carbonyl (C=O) groups excluding carboxylic acids is 2. The molecular weight excluding hydrogens is 192 g/mol. The number of halogens is 1. The number of alkyl halides is 1. The Morgan fingerprint density at radius 2 is 2.15 bits per heavy atom. The van der Waals surface area contributed by atoms with Crippen molar-refractivity contribution < 1.29 is 9.59 Å². The molecule has 13 heavy (non-hydrogen) atoms. The first kappa shape index (κ1) is 12.4. The molecule has 4 N–H and O–H groups in total. The van der Waals surface area contributed by atoms with Crippen LogP contribution in [0.15, 0.2) is 0 Å². The molecule has 1 aliphatic rings.